The first-order valence-electron chi connectivity index (χ1n) is 6.26. The summed E-state index contributed by atoms with van der Waals surface area (Å²) in [5, 5.41) is 8.79. The molecule has 0 atom stereocenters. The van der Waals surface area contributed by atoms with Crippen molar-refractivity contribution in [2.45, 2.75) is 32.7 Å². The Bertz CT molecular complexity index is 441. The lowest BCUT2D eigenvalue weighted by atomic mass is 10.1. The zero-order valence-corrected chi connectivity index (χ0v) is 11.3. The Labute approximate surface area is 113 Å². The molecule has 0 saturated carbocycles. The quantitative estimate of drug-likeness (QED) is 0.763. The number of hydrogen-bond acceptors (Lipinski definition) is 3. The first-order chi connectivity index (χ1) is 8.90. The van der Waals surface area contributed by atoms with Crippen LogP contribution in [0, 0.1) is 0 Å². The fourth-order valence-electron chi connectivity index (χ4n) is 1.78. The lowest BCUT2D eigenvalue weighted by molar-refractivity contribution is -0.145. The topological polar surface area (TPSA) is 83.6 Å². The highest BCUT2D eigenvalue weighted by Crippen LogP contribution is 2.10. The van der Waals surface area contributed by atoms with Crippen molar-refractivity contribution in [3.63, 3.8) is 0 Å². The number of carbonyl (C=O) groups excluding carboxylic acids is 1. The van der Waals surface area contributed by atoms with Gasteiger partial charge in [-0.1, -0.05) is 12.1 Å². The summed E-state index contributed by atoms with van der Waals surface area (Å²) in [6.45, 7) is 3.37. The fourth-order valence-corrected chi connectivity index (χ4v) is 1.78. The third kappa shape index (κ3) is 4.99. The largest absolute Gasteiger partial charge is 0.480 e. The predicted molar refractivity (Wildman–Crippen MR) is 73.7 cm³/mol. The van der Waals surface area contributed by atoms with Crippen molar-refractivity contribution in [1.29, 1.82) is 0 Å². The zero-order chi connectivity index (χ0) is 14.4. The molecule has 0 aliphatic carbocycles. The molecule has 0 bridgehead atoms. The Kier molecular flexibility index (Phi) is 5.36. The van der Waals surface area contributed by atoms with Crippen LogP contribution in [0.15, 0.2) is 24.3 Å². The van der Waals surface area contributed by atoms with Crippen LogP contribution in [-0.4, -0.2) is 34.5 Å². The van der Waals surface area contributed by atoms with Gasteiger partial charge in [0.1, 0.15) is 6.54 Å². The van der Waals surface area contributed by atoms with E-state index in [-0.39, 0.29) is 18.5 Å². The molecule has 0 saturated heterocycles. The highest BCUT2D eigenvalue weighted by molar-refractivity contribution is 5.81. The number of amides is 1. The van der Waals surface area contributed by atoms with Crippen LogP contribution in [0.2, 0.25) is 0 Å². The normalized spacial score (nSPS) is 10.5. The van der Waals surface area contributed by atoms with E-state index in [9.17, 15) is 9.59 Å². The number of nitrogens with two attached hydrogens (primary N) is 1. The number of nitrogens with zero attached hydrogens (tertiary/aromatic N) is 1. The van der Waals surface area contributed by atoms with Gasteiger partial charge in [-0.25, -0.2) is 0 Å². The van der Waals surface area contributed by atoms with Gasteiger partial charge in [-0.15, -0.1) is 0 Å². The number of carboxylic acid groups (broad SMARTS) is 1. The van der Waals surface area contributed by atoms with Gasteiger partial charge in [0.05, 0.1) is 0 Å². The molecule has 0 spiro atoms. The summed E-state index contributed by atoms with van der Waals surface area (Å²) in [5.74, 6) is -1.14. The number of carbonyl (C=O) groups is 2. The van der Waals surface area contributed by atoms with Gasteiger partial charge < -0.3 is 15.7 Å². The summed E-state index contributed by atoms with van der Waals surface area (Å²) in [6.07, 6.45) is 0.886. The smallest absolute Gasteiger partial charge is 0.323 e. The minimum Gasteiger partial charge on any atom is -0.480 e. The van der Waals surface area contributed by atoms with Crippen molar-refractivity contribution >= 4 is 17.6 Å². The minimum atomic E-state index is -0.991. The van der Waals surface area contributed by atoms with E-state index in [2.05, 4.69) is 0 Å². The Balaban J connectivity index is 2.57. The second-order valence-electron chi connectivity index (χ2n) is 4.75. The SMILES string of the molecule is CC(C)N(CC(=O)O)C(=O)CCc1ccc(N)cc1. The summed E-state index contributed by atoms with van der Waals surface area (Å²) in [7, 11) is 0. The molecule has 0 aromatic heterocycles. The average Bonchev–Trinajstić information content (AvgIpc) is 2.34. The predicted octanol–water partition coefficient (Wildman–Crippen LogP) is 1.52. The Hall–Kier alpha value is -2.04. The molecule has 0 unspecified atom stereocenters. The number of aryl methyl sites for hydroxylation is 1. The molecular formula is C14H20N2O3. The highest BCUT2D eigenvalue weighted by Gasteiger charge is 2.19. The van der Waals surface area contributed by atoms with E-state index >= 15 is 0 Å². The lowest BCUT2D eigenvalue weighted by Crippen LogP contribution is -2.40. The molecule has 5 heteroatoms. The highest BCUT2D eigenvalue weighted by atomic mass is 16.4. The molecule has 0 aliphatic heterocycles. The van der Waals surface area contributed by atoms with Crippen LogP contribution < -0.4 is 5.73 Å². The monoisotopic (exact) mass is 264 g/mol. The number of carboxylic acids is 1. The van der Waals surface area contributed by atoms with Crippen LogP contribution in [0.4, 0.5) is 5.69 Å². The number of aliphatic carboxylic acids is 1. The summed E-state index contributed by atoms with van der Waals surface area (Å²) >= 11 is 0. The van der Waals surface area contributed by atoms with Crippen molar-refractivity contribution < 1.29 is 14.7 Å². The number of hydrogen-bond donors (Lipinski definition) is 2. The Morgan fingerprint density at radius 2 is 1.84 bits per heavy atom. The van der Waals surface area contributed by atoms with E-state index in [1.165, 1.54) is 4.90 Å². The van der Waals surface area contributed by atoms with Crippen LogP contribution in [0.25, 0.3) is 0 Å². The van der Waals surface area contributed by atoms with E-state index in [4.69, 9.17) is 10.8 Å². The zero-order valence-electron chi connectivity index (χ0n) is 11.3. The van der Waals surface area contributed by atoms with E-state index < -0.39 is 5.97 Å². The molecule has 0 radical (unpaired) electrons. The van der Waals surface area contributed by atoms with Crippen molar-refractivity contribution in [1.82, 2.24) is 4.90 Å². The molecule has 1 amide bonds. The maximum absolute atomic E-state index is 12.0. The maximum atomic E-state index is 12.0. The van der Waals surface area contributed by atoms with Crippen molar-refractivity contribution in [3.05, 3.63) is 29.8 Å². The number of benzene rings is 1. The Morgan fingerprint density at radius 1 is 1.26 bits per heavy atom. The van der Waals surface area contributed by atoms with Crippen molar-refractivity contribution in [3.8, 4) is 0 Å². The van der Waals surface area contributed by atoms with Gasteiger partial charge in [0.15, 0.2) is 0 Å². The second kappa shape index (κ2) is 6.78. The van der Waals surface area contributed by atoms with Crippen LogP contribution in [0.3, 0.4) is 0 Å². The van der Waals surface area contributed by atoms with Crippen molar-refractivity contribution in [2.75, 3.05) is 12.3 Å². The summed E-state index contributed by atoms with van der Waals surface area (Å²) in [5.41, 5.74) is 7.29. The first-order valence-corrected chi connectivity index (χ1v) is 6.26. The molecule has 1 aromatic rings. The average molecular weight is 264 g/mol. The third-order valence-corrected chi connectivity index (χ3v) is 2.86. The third-order valence-electron chi connectivity index (χ3n) is 2.86. The van der Waals surface area contributed by atoms with Gasteiger partial charge in [-0.05, 0) is 38.0 Å². The van der Waals surface area contributed by atoms with Gasteiger partial charge in [0, 0.05) is 18.2 Å². The standard InChI is InChI=1S/C14H20N2O3/c1-10(2)16(9-14(18)19)13(17)8-5-11-3-6-12(15)7-4-11/h3-4,6-7,10H,5,8-9,15H2,1-2H3,(H,18,19). The van der Waals surface area contributed by atoms with Crippen LogP contribution in [0.1, 0.15) is 25.8 Å². The van der Waals surface area contributed by atoms with Gasteiger partial charge in [-0.3, -0.25) is 9.59 Å². The minimum absolute atomic E-state index is 0.116. The van der Waals surface area contributed by atoms with Gasteiger partial charge in [0.25, 0.3) is 0 Å². The molecular weight excluding hydrogens is 244 g/mol. The summed E-state index contributed by atoms with van der Waals surface area (Å²) in [6, 6.07) is 7.21. The molecule has 104 valence electrons. The van der Waals surface area contributed by atoms with E-state index in [0.717, 1.165) is 5.56 Å². The fraction of sp³-hybridized carbons (Fsp3) is 0.429. The van der Waals surface area contributed by atoms with E-state index in [0.29, 0.717) is 18.5 Å². The molecule has 0 aliphatic rings. The molecule has 1 aromatic carbocycles. The maximum Gasteiger partial charge on any atom is 0.323 e. The van der Waals surface area contributed by atoms with Crippen LogP contribution >= 0.6 is 0 Å². The molecule has 5 nitrogen and oxygen atoms in total. The molecule has 0 heterocycles. The van der Waals surface area contributed by atoms with Gasteiger partial charge in [-0.2, -0.15) is 0 Å². The lowest BCUT2D eigenvalue weighted by Gasteiger charge is -2.24. The van der Waals surface area contributed by atoms with Gasteiger partial charge in [0.2, 0.25) is 5.91 Å². The molecule has 3 N–H and O–H groups in total. The van der Waals surface area contributed by atoms with Crippen molar-refractivity contribution in [2.24, 2.45) is 0 Å². The summed E-state index contributed by atoms with van der Waals surface area (Å²) in [4.78, 5) is 24.1. The van der Waals surface area contributed by atoms with E-state index in [1.54, 1.807) is 12.1 Å². The van der Waals surface area contributed by atoms with Crippen LogP contribution in [-0.2, 0) is 16.0 Å². The summed E-state index contributed by atoms with van der Waals surface area (Å²) < 4.78 is 0. The Morgan fingerprint density at radius 3 is 2.32 bits per heavy atom. The molecule has 19 heavy (non-hydrogen) atoms. The van der Waals surface area contributed by atoms with Gasteiger partial charge >= 0.3 is 5.97 Å². The number of anilines is 1. The second-order valence-corrected chi connectivity index (χ2v) is 4.75. The van der Waals surface area contributed by atoms with E-state index in [1.807, 2.05) is 26.0 Å². The first kappa shape index (κ1) is 15.0. The number of nitrogen functional groups attached to an aromatic ring is 1. The molecule has 0 fully saturated rings. The van der Waals surface area contributed by atoms with Crippen LogP contribution in [0.5, 0.6) is 0 Å². The molecule has 1 rings (SSSR count). The number of rotatable bonds is 6.